The summed E-state index contributed by atoms with van der Waals surface area (Å²) in [4.78, 5) is 25.3. The molecule has 0 aliphatic rings. The van der Waals surface area contributed by atoms with E-state index >= 15 is 0 Å². The highest BCUT2D eigenvalue weighted by atomic mass is 16.5. The van der Waals surface area contributed by atoms with Crippen LogP contribution in [0.2, 0.25) is 0 Å². The highest BCUT2D eigenvalue weighted by molar-refractivity contribution is 5.95. The average molecular weight is 316 g/mol. The van der Waals surface area contributed by atoms with Crippen LogP contribution in [0, 0.1) is 0 Å². The lowest BCUT2D eigenvalue weighted by atomic mass is 10.1. The number of carbonyl (C=O) groups is 2. The van der Waals surface area contributed by atoms with E-state index < -0.39 is 6.09 Å². The van der Waals surface area contributed by atoms with Crippen molar-refractivity contribution < 1.29 is 14.3 Å². The van der Waals surface area contributed by atoms with Gasteiger partial charge in [0.05, 0.1) is 12.8 Å². The Hall–Kier alpha value is -2.83. The molecule has 23 heavy (non-hydrogen) atoms. The minimum atomic E-state index is -0.514. The molecule has 122 valence electrons. The third-order valence-electron chi connectivity index (χ3n) is 3.18. The maximum absolute atomic E-state index is 12.4. The fraction of sp³-hybridized carbons (Fsp3) is 0.312. The summed E-state index contributed by atoms with van der Waals surface area (Å²) < 4.78 is 6.49. The van der Waals surface area contributed by atoms with Gasteiger partial charge in [-0.1, -0.05) is 0 Å². The minimum Gasteiger partial charge on any atom is -0.450 e. The van der Waals surface area contributed by atoms with E-state index in [1.165, 1.54) is 0 Å². The van der Waals surface area contributed by atoms with E-state index in [0.717, 1.165) is 5.56 Å². The van der Waals surface area contributed by atoms with Crippen LogP contribution in [0.25, 0.3) is 0 Å². The molecule has 1 aromatic heterocycles. The van der Waals surface area contributed by atoms with Gasteiger partial charge in [0.2, 0.25) is 0 Å². The van der Waals surface area contributed by atoms with Crippen molar-refractivity contribution in [3.8, 4) is 0 Å². The Bertz CT molecular complexity index is 679. The zero-order valence-electron chi connectivity index (χ0n) is 13.4. The molecule has 0 atom stereocenters. The van der Waals surface area contributed by atoms with Crippen molar-refractivity contribution in [2.75, 3.05) is 19.0 Å². The van der Waals surface area contributed by atoms with E-state index in [1.807, 2.05) is 13.2 Å². The quantitative estimate of drug-likeness (QED) is 0.918. The van der Waals surface area contributed by atoms with Crippen LogP contribution in [0.1, 0.15) is 22.8 Å². The van der Waals surface area contributed by atoms with Gasteiger partial charge in [-0.3, -0.25) is 14.8 Å². The van der Waals surface area contributed by atoms with Crippen LogP contribution < -0.4 is 5.32 Å². The van der Waals surface area contributed by atoms with Crippen LogP contribution >= 0.6 is 0 Å². The molecule has 0 fully saturated rings. The van der Waals surface area contributed by atoms with Gasteiger partial charge in [0, 0.05) is 43.7 Å². The average Bonchev–Trinajstić information content (AvgIpc) is 2.92. The van der Waals surface area contributed by atoms with E-state index in [9.17, 15) is 9.59 Å². The lowest BCUT2D eigenvalue weighted by Crippen LogP contribution is -2.26. The number of hydrogen-bond donors (Lipinski definition) is 1. The van der Waals surface area contributed by atoms with E-state index in [0.29, 0.717) is 24.4 Å². The number of aryl methyl sites for hydroxylation is 1. The maximum atomic E-state index is 12.4. The Morgan fingerprint density at radius 2 is 2.00 bits per heavy atom. The van der Waals surface area contributed by atoms with E-state index in [1.54, 1.807) is 54.0 Å². The summed E-state index contributed by atoms with van der Waals surface area (Å²) in [6.07, 6.45) is 3.09. The molecule has 0 bridgehead atoms. The highest BCUT2D eigenvalue weighted by Gasteiger charge is 2.13. The second-order valence-electron chi connectivity index (χ2n) is 5.11. The number of ether oxygens (including phenoxy) is 1. The molecule has 0 saturated carbocycles. The summed E-state index contributed by atoms with van der Waals surface area (Å²) in [5, 5.41) is 6.67. The molecule has 1 aromatic carbocycles. The Morgan fingerprint density at radius 1 is 1.30 bits per heavy atom. The second-order valence-corrected chi connectivity index (χ2v) is 5.11. The lowest BCUT2D eigenvalue weighted by Gasteiger charge is -2.16. The molecule has 1 N–H and O–H groups in total. The Kier molecular flexibility index (Phi) is 5.35. The molecule has 7 nitrogen and oxygen atoms in total. The molecule has 2 aromatic rings. The van der Waals surface area contributed by atoms with Crippen molar-refractivity contribution in [3.05, 3.63) is 47.8 Å². The summed E-state index contributed by atoms with van der Waals surface area (Å²) in [5.41, 5.74) is 2.09. The van der Waals surface area contributed by atoms with Crippen LogP contribution in [0.3, 0.4) is 0 Å². The number of carbonyl (C=O) groups excluding carboxylic acids is 2. The van der Waals surface area contributed by atoms with Gasteiger partial charge in [0.1, 0.15) is 0 Å². The van der Waals surface area contributed by atoms with Crippen LogP contribution in [0.5, 0.6) is 0 Å². The molecule has 7 heteroatoms. The number of aromatic nitrogens is 2. The topological polar surface area (TPSA) is 76.5 Å². The third kappa shape index (κ3) is 4.57. The van der Waals surface area contributed by atoms with Crippen molar-refractivity contribution in [2.45, 2.75) is 13.5 Å². The van der Waals surface area contributed by atoms with Crippen molar-refractivity contribution >= 4 is 17.7 Å². The number of nitrogens with one attached hydrogen (secondary N) is 1. The van der Waals surface area contributed by atoms with Crippen molar-refractivity contribution in [1.29, 1.82) is 0 Å². The number of hydrogen-bond acceptors (Lipinski definition) is 4. The Balaban J connectivity index is 1.97. The van der Waals surface area contributed by atoms with E-state index in [-0.39, 0.29) is 5.91 Å². The van der Waals surface area contributed by atoms with Crippen LogP contribution in [-0.4, -0.2) is 40.3 Å². The van der Waals surface area contributed by atoms with Gasteiger partial charge in [-0.25, -0.2) is 4.79 Å². The molecule has 1 heterocycles. The fourth-order valence-corrected chi connectivity index (χ4v) is 2.10. The first-order valence-electron chi connectivity index (χ1n) is 7.26. The van der Waals surface area contributed by atoms with Gasteiger partial charge in [-0.15, -0.1) is 0 Å². The zero-order chi connectivity index (χ0) is 16.8. The van der Waals surface area contributed by atoms with Gasteiger partial charge in [0.15, 0.2) is 0 Å². The summed E-state index contributed by atoms with van der Waals surface area (Å²) in [6.45, 7) is 2.52. The first-order valence-corrected chi connectivity index (χ1v) is 7.26. The standard InChI is InChI=1S/C16H20N4O3/c1-4-23-16(22)18-14-7-5-13(6-8-14)15(21)19(2)10-12-9-17-20(3)11-12/h5-9,11H,4,10H2,1-3H3,(H,18,22). The summed E-state index contributed by atoms with van der Waals surface area (Å²) in [6, 6.07) is 6.68. The van der Waals surface area contributed by atoms with Crippen molar-refractivity contribution in [1.82, 2.24) is 14.7 Å². The zero-order valence-corrected chi connectivity index (χ0v) is 13.4. The monoisotopic (exact) mass is 316 g/mol. The molecule has 0 aliphatic carbocycles. The SMILES string of the molecule is CCOC(=O)Nc1ccc(C(=O)N(C)Cc2cnn(C)c2)cc1. The number of nitrogens with zero attached hydrogens (tertiary/aromatic N) is 3. The van der Waals surface area contributed by atoms with Gasteiger partial charge in [-0.05, 0) is 31.2 Å². The van der Waals surface area contributed by atoms with E-state index in [2.05, 4.69) is 10.4 Å². The third-order valence-corrected chi connectivity index (χ3v) is 3.18. The highest BCUT2D eigenvalue weighted by Crippen LogP contribution is 2.13. The van der Waals surface area contributed by atoms with Gasteiger partial charge in [0.25, 0.3) is 5.91 Å². The largest absolute Gasteiger partial charge is 0.450 e. The van der Waals surface area contributed by atoms with Crippen LogP contribution in [-0.2, 0) is 18.3 Å². The summed E-state index contributed by atoms with van der Waals surface area (Å²) >= 11 is 0. The van der Waals surface area contributed by atoms with Crippen LogP contribution in [0.4, 0.5) is 10.5 Å². The molecule has 2 amide bonds. The molecular formula is C16H20N4O3. The molecule has 0 unspecified atom stereocenters. The Morgan fingerprint density at radius 3 is 2.57 bits per heavy atom. The van der Waals surface area contributed by atoms with Gasteiger partial charge >= 0.3 is 6.09 Å². The maximum Gasteiger partial charge on any atom is 0.411 e. The van der Waals surface area contributed by atoms with Crippen LogP contribution in [0.15, 0.2) is 36.7 Å². The predicted octanol–water partition coefficient (Wildman–Crippen LogP) is 2.26. The number of rotatable bonds is 5. The summed E-state index contributed by atoms with van der Waals surface area (Å²) in [5.74, 6) is -0.100. The number of benzene rings is 1. The van der Waals surface area contributed by atoms with Gasteiger partial charge < -0.3 is 9.64 Å². The minimum absolute atomic E-state index is 0.100. The molecule has 2 rings (SSSR count). The fourth-order valence-electron chi connectivity index (χ4n) is 2.10. The van der Waals surface area contributed by atoms with Crippen molar-refractivity contribution in [3.63, 3.8) is 0 Å². The Labute approximate surface area is 134 Å². The molecule has 0 spiro atoms. The molecular weight excluding hydrogens is 296 g/mol. The number of anilines is 1. The first-order chi connectivity index (χ1) is 11.0. The van der Waals surface area contributed by atoms with E-state index in [4.69, 9.17) is 4.74 Å². The smallest absolute Gasteiger partial charge is 0.411 e. The summed E-state index contributed by atoms with van der Waals surface area (Å²) in [7, 11) is 3.57. The first kappa shape index (κ1) is 16.5. The number of amides is 2. The lowest BCUT2D eigenvalue weighted by molar-refractivity contribution is 0.0785. The second kappa shape index (κ2) is 7.44. The molecule has 0 aliphatic heterocycles. The normalized spacial score (nSPS) is 10.2. The van der Waals surface area contributed by atoms with Gasteiger partial charge in [-0.2, -0.15) is 5.10 Å². The molecule has 0 radical (unpaired) electrons. The predicted molar refractivity (Wildman–Crippen MR) is 86.1 cm³/mol. The molecule has 0 saturated heterocycles. The van der Waals surface area contributed by atoms with Crippen molar-refractivity contribution in [2.24, 2.45) is 7.05 Å².